The van der Waals surface area contributed by atoms with Crippen LogP contribution in [-0.2, 0) is 18.3 Å². The molecule has 18 heavy (non-hydrogen) atoms. The molecule has 2 rings (SSSR count). The maximum Gasteiger partial charge on any atom is 0.223 e. The maximum absolute atomic E-state index is 12.0. The monoisotopic (exact) mass is 251 g/mol. The van der Waals surface area contributed by atoms with Crippen LogP contribution in [0.3, 0.4) is 0 Å². The molecule has 1 aliphatic carbocycles. The Morgan fingerprint density at radius 3 is 3.11 bits per heavy atom. The third-order valence-corrected chi connectivity index (χ3v) is 3.59. The molecule has 1 aromatic heterocycles. The molecule has 0 spiro atoms. The van der Waals surface area contributed by atoms with E-state index in [2.05, 4.69) is 15.4 Å². The summed E-state index contributed by atoms with van der Waals surface area (Å²) in [5, 5.41) is 7.13. The van der Waals surface area contributed by atoms with E-state index in [9.17, 15) is 4.79 Å². The second-order valence-corrected chi connectivity index (χ2v) is 4.91. The second kappa shape index (κ2) is 5.95. The van der Waals surface area contributed by atoms with Gasteiger partial charge in [-0.1, -0.05) is 6.42 Å². The molecule has 100 valence electrons. The fourth-order valence-electron chi connectivity index (χ4n) is 2.59. The van der Waals surface area contributed by atoms with Gasteiger partial charge in [-0.15, -0.1) is 0 Å². The summed E-state index contributed by atoms with van der Waals surface area (Å²) in [5.41, 5.74) is 5.68. The van der Waals surface area contributed by atoms with Crippen molar-refractivity contribution in [1.82, 2.24) is 20.1 Å². The van der Waals surface area contributed by atoms with Crippen molar-refractivity contribution < 1.29 is 4.79 Å². The lowest BCUT2D eigenvalue weighted by atomic mass is 9.95. The highest BCUT2D eigenvalue weighted by atomic mass is 16.1. The van der Waals surface area contributed by atoms with E-state index in [0.717, 1.165) is 25.1 Å². The summed E-state index contributed by atoms with van der Waals surface area (Å²) in [4.78, 5) is 16.1. The van der Waals surface area contributed by atoms with Crippen LogP contribution >= 0.6 is 0 Å². The highest BCUT2D eigenvalue weighted by molar-refractivity contribution is 5.79. The lowest BCUT2D eigenvalue weighted by Crippen LogP contribution is -2.36. The fraction of sp³-hybridized carbons (Fsp3) is 0.750. The van der Waals surface area contributed by atoms with E-state index in [1.807, 2.05) is 7.05 Å². The van der Waals surface area contributed by atoms with Gasteiger partial charge in [0.05, 0.1) is 0 Å². The third-order valence-electron chi connectivity index (χ3n) is 3.59. The van der Waals surface area contributed by atoms with Crippen LogP contribution in [0.15, 0.2) is 6.33 Å². The Kier molecular flexibility index (Phi) is 4.30. The zero-order valence-electron chi connectivity index (χ0n) is 10.8. The number of nitrogens with zero attached hydrogens (tertiary/aromatic N) is 3. The zero-order valence-corrected chi connectivity index (χ0v) is 10.8. The third kappa shape index (κ3) is 3.07. The van der Waals surface area contributed by atoms with Crippen molar-refractivity contribution in [3.63, 3.8) is 0 Å². The van der Waals surface area contributed by atoms with Gasteiger partial charge in [0.1, 0.15) is 6.33 Å². The number of rotatable bonds is 5. The Morgan fingerprint density at radius 2 is 2.44 bits per heavy atom. The van der Waals surface area contributed by atoms with Crippen LogP contribution < -0.4 is 11.1 Å². The Balaban J connectivity index is 1.74. The number of hydrogen-bond donors (Lipinski definition) is 2. The molecule has 1 amide bonds. The average molecular weight is 251 g/mol. The number of carbonyl (C=O) groups excluding carboxylic acids is 1. The van der Waals surface area contributed by atoms with E-state index in [1.165, 1.54) is 0 Å². The van der Waals surface area contributed by atoms with Crippen LogP contribution in [0.2, 0.25) is 0 Å². The first-order chi connectivity index (χ1) is 8.70. The van der Waals surface area contributed by atoms with Gasteiger partial charge in [-0.05, 0) is 25.3 Å². The molecule has 0 aliphatic heterocycles. The Labute approximate surface area is 107 Å². The minimum atomic E-state index is 0.103. The van der Waals surface area contributed by atoms with E-state index in [4.69, 9.17) is 5.73 Å². The van der Waals surface area contributed by atoms with Crippen molar-refractivity contribution in [2.24, 2.45) is 24.6 Å². The number of hydrogen-bond acceptors (Lipinski definition) is 4. The van der Waals surface area contributed by atoms with Crippen LogP contribution in [0.25, 0.3) is 0 Å². The molecule has 1 heterocycles. The first-order valence-corrected chi connectivity index (χ1v) is 6.53. The van der Waals surface area contributed by atoms with Crippen LogP contribution in [-0.4, -0.2) is 33.8 Å². The van der Waals surface area contributed by atoms with E-state index < -0.39 is 0 Å². The molecule has 1 aromatic rings. The lowest BCUT2D eigenvalue weighted by Gasteiger charge is -2.16. The van der Waals surface area contributed by atoms with Gasteiger partial charge < -0.3 is 11.1 Å². The van der Waals surface area contributed by atoms with Crippen LogP contribution in [0.4, 0.5) is 0 Å². The van der Waals surface area contributed by atoms with Gasteiger partial charge in [0, 0.05) is 25.9 Å². The van der Waals surface area contributed by atoms with Crippen molar-refractivity contribution >= 4 is 5.91 Å². The molecule has 2 atom stereocenters. The molecule has 0 bridgehead atoms. The minimum absolute atomic E-state index is 0.103. The molecule has 0 saturated heterocycles. The number of aromatic nitrogens is 3. The summed E-state index contributed by atoms with van der Waals surface area (Å²) in [6.45, 7) is 1.20. The summed E-state index contributed by atoms with van der Waals surface area (Å²) in [6.07, 6.45) is 5.50. The van der Waals surface area contributed by atoms with Gasteiger partial charge in [-0.2, -0.15) is 5.10 Å². The molecular formula is C12H21N5O. The van der Waals surface area contributed by atoms with E-state index in [0.29, 0.717) is 25.4 Å². The molecule has 0 radical (unpaired) electrons. The number of aryl methyl sites for hydroxylation is 1. The first kappa shape index (κ1) is 13.0. The minimum Gasteiger partial charge on any atom is -0.355 e. The van der Waals surface area contributed by atoms with Crippen LogP contribution in [0.1, 0.15) is 25.1 Å². The van der Waals surface area contributed by atoms with E-state index >= 15 is 0 Å². The predicted molar refractivity (Wildman–Crippen MR) is 67.6 cm³/mol. The quantitative estimate of drug-likeness (QED) is 0.762. The molecule has 6 nitrogen and oxygen atoms in total. The number of amides is 1. The summed E-state index contributed by atoms with van der Waals surface area (Å²) < 4.78 is 1.67. The normalized spacial score (nSPS) is 23.2. The SMILES string of the molecule is Cn1cnc(CCNC(=O)C2CCCC2CN)n1. The highest BCUT2D eigenvalue weighted by Crippen LogP contribution is 2.30. The topological polar surface area (TPSA) is 85.8 Å². The Hall–Kier alpha value is -1.43. The summed E-state index contributed by atoms with van der Waals surface area (Å²) >= 11 is 0. The van der Waals surface area contributed by atoms with Crippen LogP contribution in [0.5, 0.6) is 0 Å². The smallest absolute Gasteiger partial charge is 0.223 e. The first-order valence-electron chi connectivity index (χ1n) is 6.53. The number of nitrogens with two attached hydrogens (primary N) is 1. The Bertz CT molecular complexity index is 403. The molecule has 0 aromatic carbocycles. The average Bonchev–Trinajstić information content (AvgIpc) is 2.97. The number of nitrogens with one attached hydrogen (secondary N) is 1. The lowest BCUT2D eigenvalue weighted by molar-refractivity contribution is -0.125. The summed E-state index contributed by atoms with van der Waals surface area (Å²) in [7, 11) is 1.83. The van der Waals surface area contributed by atoms with Gasteiger partial charge in [-0.25, -0.2) is 4.98 Å². The molecule has 1 fully saturated rings. The van der Waals surface area contributed by atoms with E-state index in [-0.39, 0.29) is 11.8 Å². The summed E-state index contributed by atoms with van der Waals surface area (Å²) in [5.74, 6) is 1.36. The molecule has 1 aliphatic rings. The van der Waals surface area contributed by atoms with Crippen molar-refractivity contribution in [3.8, 4) is 0 Å². The summed E-state index contributed by atoms with van der Waals surface area (Å²) in [6, 6.07) is 0. The Morgan fingerprint density at radius 1 is 1.61 bits per heavy atom. The van der Waals surface area contributed by atoms with Gasteiger partial charge in [-0.3, -0.25) is 9.48 Å². The van der Waals surface area contributed by atoms with Crippen molar-refractivity contribution in [1.29, 1.82) is 0 Å². The van der Waals surface area contributed by atoms with Gasteiger partial charge >= 0.3 is 0 Å². The fourth-order valence-corrected chi connectivity index (χ4v) is 2.59. The van der Waals surface area contributed by atoms with E-state index in [1.54, 1.807) is 11.0 Å². The highest BCUT2D eigenvalue weighted by Gasteiger charge is 2.31. The number of carbonyl (C=O) groups is 1. The predicted octanol–water partition coefficient (Wildman–Crippen LogP) is -0.151. The molecule has 3 N–H and O–H groups in total. The van der Waals surface area contributed by atoms with Crippen LogP contribution in [0, 0.1) is 11.8 Å². The molecule has 1 saturated carbocycles. The van der Waals surface area contributed by atoms with Gasteiger partial charge in [0.25, 0.3) is 0 Å². The van der Waals surface area contributed by atoms with Crippen molar-refractivity contribution in [2.45, 2.75) is 25.7 Å². The van der Waals surface area contributed by atoms with Crippen molar-refractivity contribution in [2.75, 3.05) is 13.1 Å². The molecule has 6 heteroatoms. The van der Waals surface area contributed by atoms with Gasteiger partial charge in [0.2, 0.25) is 5.91 Å². The maximum atomic E-state index is 12.0. The largest absolute Gasteiger partial charge is 0.355 e. The molecule has 2 unspecified atom stereocenters. The second-order valence-electron chi connectivity index (χ2n) is 4.91. The molecular weight excluding hydrogens is 230 g/mol. The standard InChI is InChI=1S/C12H21N5O/c1-17-8-15-11(16-17)5-6-14-12(18)10-4-2-3-9(10)7-13/h8-10H,2-7,13H2,1H3,(H,14,18). The van der Waals surface area contributed by atoms with Crippen molar-refractivity contribution in [3.05, 3.63) is 12.2 Å². The van der Waals surface area contributed by atoms with Gasteiger partial charge in [0.15, 0.2) is 5.82 Å². The zero-order chi connectivity index (χ0) is 13.0.